The van der Waals surface area contributed by atoms with E-state index in [1.807, 2.05) is 7.05 Å². The molecule has 2 atom stereocenters. The first kappa shape index (κ1) is 18.7. The predicted octanol–water partition coefficient (Wildman–Crippen LogP) is 0.736. The smallest absolute Gasteiger partial charge is 0.348 e. The van der Waals surface area contributed by atoms with Crippen LogP contribution in [0.25, 0.3) is 10.9 Å². The minimum Gasteiger partial charge on any atom is -0.479 e. The van der Waals surface area contributed by atoms with E-state index in [-0.39, 0.29) is 5.75 Å². The molecule has 25 heavy (non-hydrogen) atoms. The van der Waals surface area contributed by atoms with E-state index in [1.165, 1.54) is 6.07 Å². The number of carboxylic acid groups (broad SMARTS) is 2. The summed E-state index contributed by atoms with van der Waals surface area (Å²) < 4.78 is 19.0. The summed E-state index contributed by atoms with van der Waals surface area (Å²) in [6.45, 7) is 0.775. The number of hydrogen-bond acceptors (Lipinski definition) is 5. The van der Waals surface area contributed by atoms with E-state index in [0.717, 1.165) is 24.6 Å². The van der Waals surface area contributed by atoms with Crippen LogP contribution in [0.1, 0.15) is 12.0 Å². The number of aliphatic hydroxyl groups excluding tert-OH is 1. The topological polar surface area (TPSA) is 132 Å². The predicted molar refractivity (Wildman–Crippen MR) is 86.2 cm³/mol. The van der Waals surface area contributed by atoms with Crippen molar-refractivity contribution in [1.82, 2.24) is 10.3 Å². The lowest BCUT2D eigenvalue weighted by Crippen LogP contribution is -2.43. The summed E-state index contributed by atoms with van der Waals surface area (Å²) in [5.74, 6) is -4.26. The van der Waals surface area contributed by atoms with Gasteiger partial charge in [-0.05, 0) is 38.1 Å². The van der Waals surface area contributed by atoms with Gasteiger partial charge in [-0.1, -0.05) is 0 Å². The number of nitrogens with one attached hydrogen (secondary N) is 2. The van der Waals surface area contributed by atoms with Crippen LogP contribution in [-0.4, -0.2) is 58.0 Å². The first-order valence-corrected chi connectivity index (χ1v) is 7.59. The summed E-state index contributed by atoms with van der Waals surface area (Å²) in [6.07, 6.45) is -1.23. The Morgan fingerprint density at radius 2 is 2.04 bits per heavy atom. The molecule has 0 saturated heterocycles. The van der Waals surface area contributed by atoms with Crippen LogP contribution in [0.2, 0.25) is 0 Å². The fourth-order valence-electron chi connectivity index (χ4n) is 2.49. The molecule has 136 valence electrons. The first-order valence-electron chi connectivity index (χ1n) is 7.59. The Kier molecular flexibility index (Phi) is 5.94. The van der Waals surface area contributed by atoms with E-state index in [0.29, 0.717) is 17.3 Å². The van der Waals surface area contributed by atoms with Crippen molar-refractivity contribution in [3.05, 3.63) is 29.7 Å². The SMILES string of the molecule is CNCCCc1c[nH]c2c(OC(C(=O)O)C(O)C(=O)O)cc(F)cc12. The lowest BCUT2D eigenvalue weighted by atomic mass is 10.1. The molecular weight excluding hydrogens is 335 g/mol. The van der Waals surface area contributed by atoms with Crippen molar-refractivity contribution in [2.45, 2.75) is 25.0 Å². The van der Waals surface area contributed by atoms with Crippen LogP contribution in [0.5, 0.6) is 5.75 Å². The van der Waals surface area contributed by atoms with Gasteiger partial charge in [-0.3, -0.25) is 0 Å². The number of aromatic nitrogens is 1. The number of fused-ring (bicyclic) bond motifs is 1. The average molecular weight is 354 g/mol. The molecule has 0 amide bonds. The third kappa shape index (κ3) is 4.25. The number of ether oxygens (including phenoxy) is 1. The zero-order valence-corrected chi connectivity index (χ0v) is 13.5. The Bertz CT molecular complexity index is 775. The molecule has 2 aromatic rings. The molecule has 2 unspecified atom stereocenters. The van der Waals surface area contributed by atoms with Crippen molar-refractivity contribution >= 4 is 22.8 Å². The van der Waals surface area contributed by atoms with E-state index >= 15 is 0 Å². The van der Waals surface area contributed by atoms with Gasteiger partial charge in [-0.25, -0.2) is 14.0 Å². The summed E-state index contributed by atoms with van der Waals surface area (Å²) in [4.78, 5) is 24.9. The van der Waals surface area contributed by atoms with Crippen molar-refractivity contribution < 1.29 is 34.0 Å². The van der Waals surface area contributed by atoms with Crippen LogP contribution in [0.3, 0.4) is 0 Å². The van der Waals surface area contributed by atoms with E-state index in [2.05, 4.69) is 10.3 Å². The van der Waals surface area contributed by atoms with Crippen molar-refractivity contribution in [3.8, 4) is 5.75 Å². The zero-order chi connectivity index (χ0) is 18.6. The normalized spacial score (nSPS) is 13.6. The summed E-state index contributed by atoms with van der Waals surface area (Å²) in [5, 5.41) is 30.9. The monoisotopic (exact) mass is 354 g/mol. The number of carbonyl (C=O) groups is 2. The minimum atomic E-state index is -2.29. The molecule has 0 aliphatic carbocycles. The highest BCUT2D eigenvalue weighted by Crippen LogP contribution is 2.30. The largest absolute Gasteiger partial charge is 0.479 e. The molecular formula is C16H19FN2O6. The van der Waals surface area contributed by atoms with Gasteiger partial charge in [0, 0.05) is 17.6 Å². The molecule has 5 N–H and O–H groups in total. The molecule has 0 spiro atoms. The second-order valence-corrected chi connectivity index (χ2v) is 5.51. The molecule has 9 heteroatoms. The fraction of sp³-hybridized carbons (Fsp3) is 0.375. The zero-order valence-electron chi connectivity index (χ0n) is 13.5. The van der Waals surface area contributed by atoms with E-state index in [9.17, 15) is 19.1 Å². The maximum atomic E-state index is 13.9. The Morgan fingerprint density at radius 1 is 1.32 bits per heavy atom. The summed E-state index contributed by atoms with van der Waals surface area (Å²) in [6, 6.07) is 2.23. The van der Waals surface area contributed by atoms with E-state index in [4.69, 9.17) is 14.9 Å². The Morgan fingerprint density at radius 3 is 2.64 bits per heavy atom. The molecule has 1 aromatic heterocycles. The van der Waals surface area contributed by atoms with Crippen LogP contribution in [0.15, 0.2) is 18.3 Å². The number of aliphatic carboxylic acids is 2. The molecule has 1 aromatic carbocycles. The molecule has 0 bridgehead atoms. The third-order valence-electron chi connectivity index (χ3n) is 3.71. The lowest BCUT2D eigenvalue weighted by Gasteiger charge is -2.18. The maximum Gasteiger partial charge on any atom is 0.348 e. The number of hydrogen-bond donors (Lipinski definition) is 5. The fourth-order valence-corrected chi connectivity index (χ4v) is 2.49. The van der Waals surface area contributed by atoms with Gasteiger partial charge in [0.05, 0.1) is 5.52 Å². The number of benzene rings is 1. The molecule has 8 nitrogen and oxygen atoms in total. The van der Waals surface area contributed by atoms with Crippen molar-refractivity contribution in [3.63, 3.8) is 0 Å². The van der Waals surface area contributed by atoms with Crippen molar-refractivity contribution in [2.24, 2.45) is 0 Å². The summed E-state index contributed by atoms with van der Waals surface area (Å²) in [7, 11) is 1.82. The van der Waals surface area contributed by atoms with E-state index in [1.54, 1.807) is 6.20 Å². The highest BCUT2D eigenvalue weighted by molar-refractivity contribution is 5.89. The van der Waals surface area contributed by atoms with Crippen molar-refractivity contribution in [1.29, 1.82) is 0 Å². The Hall–Kier alpha value is -2.65. The van der Waals surface area contributed by atoms with Gasteiger partial charge >= 0.3 is 11.9 Å². The number of halogens is 1. The number of aromatic amines is 1. The van der Waals surface area contributed by atoms with Gasteiger partial charge in [-0.15, -0.1) is 0 Å². The molecule has 0 aliphatic heterocycles. The summed E-state index contributed by atoms with van der Waals surface area (Å²) in [5.41, 5.74) is 1.16. The van der Waals surface area contributed by atoms with Gasteiger partial charge < -0.3 is 30.4 Å². The molecule has 0 aliphatic rings. The highest BCUT2D eigenvalue weighted by Gasteiger charge is 2.35. The summed E-state index contributed by atoms with van der Waals surface area (Å²) >= 11 is 0. The van der Waals surface area contributed by atoms with E-state index < -0.39 is 30.0 Å². The lowest BCUT2D eigenvalue weighted by molar-refractivity contribution is -0.163. The molecule has 0 radical (unpaired) electrons. The van der Waals surface area contributed by atoms with Gasteiger partial charge in [0.25, 0.3) is 0 Å². The Labute approximate surface area is 142 Å². The van der Waals surface area contributed by atoms with Crippen LogP contribution < -0.4 is 10.1 Å². The number of aliphatic hydroxyl groups is 1. The van der Waals surface area contributed by atoms with Gasteiger partial charge in [0.2, 0.25) is 6.10 Å². The highest BCUT2D eigenvalue weighted by atomic mass is 19.1. The molecule has 0 fully saturated rings. The minimum absolute atomic E-state index is 0.178. The molecule has 1 heterocycles. The van der Waals surface area contributed by atoms with Crippen molar-refractivity contribution in [2.75, 3.05) is 13.6 Å². The molecule has 0 saturated carbocycles. The second-order valence-electron chi connectivity index (χ2n) is 5.51. The number of carboxylic acids is 2. The van der Waals surface area contributed by atoms with Gasteiger partial charge in [0.1, 0.15) is 11.6 Å². The third-order valence-corrected chi connectivity index (χ3v) is 3.71. The second kappa shape index (κ2) is 7.95. The van der Waals surface area contributed by atoms with Crippen LogP contribution in [0, 0.1) is 5.82 Å². The quantitative estimate of drug-likeness (QED) is 0.420. The average Bonchev–Trinajstić information content (AvgIpc) is 2.94. The number of H-pyrrole nitrogens is 1. The van der Waals surface area contributed by atoms with Gasteiger partial charge in [0.15, 0.2) is 6.10 Å². The number of aryl methyl sites for hydroxylation is 1. The van der Waals surface area contributed by atoms with Gasteiger partial charge in [-0.2, -0.15) is 0 Å². The van der Waals surface area contributed by atoms with Crippen LogP contribution in [0.4, 0.5) is 4.39 Å². The first-order chi connectivity index (χ1) is 11.8. The standard InChI is InChI=1S/C16H19FN2O6/c1-18-4-2-3-8-7-19-12-10(8)5-9(17)6-11(12)25-14(16(23)24)13(20)15(21)22/h5-7,13-14,18-20H,2-4H2,1H3,(H,21,22)(H,23,24). The maximum absolute atomic E-state index is 13.9. The Balaban J connectivity index is 2.37. The van der Waals surface area contributed by atoms with Crippen LogP contribution >= 0.6 is 0 Å². The van der Waals surface area contributed by atoms with Crippen LogP contribution in [-0.2, 0) is 16.0 Å². The molecule has 2 rings (SSSR count). The number of rotatable bonds is 9.